The summed E-state index contributed by atoms with van der Waals surface area (Å²) in [5.74, 6) is -0.261. The van der Waals surface area contributed by atoms with E-state index in [0.717, 1.165) is 0 Å². The monoisotopic (exact) mass is 182 g/mol. The van der Waals surface area contributed by atoms with Crippen molar-refractivity contribution in [1.82, 2.24) is 0 Å². The van der Waals surface area contributed by atoms with Crippen LogP contribution in [0.15, 0.2) is 12.1 Å². The molecule has 0 atom stereocenters. The van der Waals surface area contributed by atoms with E-state index < -0.39 is 0 Å². The zero-order valence-corrected chi connectivity index (χ0v) is 8.48. The van der Waals surface area contributed by atoms with Crippen LogP contribution in [0.1, 0.15) is 31.9 Å². The van der Waals surface area contributed by atoms with Crippen molar-refractivity contribution in [2.45, 2.75) is 33.1 Å². The average molecular weight is 182 g/mol. The summed E-state index contributed by atoms with van der Waals surface area (Å²) in [5, 5.41) is 9.67. The minimum atomic E-state index is -0.361. The van der Waals surface area contributed by atoms with E-state index in [2.05, 4.69) is 0 Å². The summed E-state index contributed by atoms with van der Waals surface area (Å²) in [6.45, 7) is 7.41. The van der Waals surface area contributed by atoms with Gasteiger partial charge in [-0.2, -0.15) is 0 Å². The van der Waals surface area contributed by atoms with Gasteiger partial charge in [-0.05, 0) is 24.0 Å². The lowest BCUT2D eigenvalue weighted by atomic mass is 9.85. The first kappa shape index (κ1) is 10.0. The van der Waals surface area contributed by atoms with Crippen LogP contribution < -0.4 is 0 Å². The highest BCUT2D eigenvalue weighted by atomic mass is 19.1. The van der Waals surface area contributed by atoms with Gasteiger partial charge in [0.15, 0.2) is 0 Å². The summed E-state index contributed by atoms with van der Waals surface area (Å²) in [4.78, 5) is 0. The fraction of sp³-hybridized carbons (Fsp3) is 0.455. The fourth-order valence-corrected chi connectivity index (χ4v) is 1.38. The van der Waals surface area contributed by atoms with Crippen LogP contribution in [0.5, 0.6) is 5.75 Å². The van der Waals surface area contributed by atoms with Crippen molar-refractivity contribution in [1.29, 1.82) is 0 Å². The van der Waals surface area contributed by atoms with Crippen LogP contribution in [0, 0.1) is 12.7 Å². The van der Waals surface area contributed by atoms with Crippen molar-refractivity contribution in [2.75, 3.05) is 0 Å². The van der Waals surface area contributed by atoms with Crippen LogP contribution in [0.2, 0.25) is 0 Å². The molecule has 1 rings (SSSR count). The number of aryl methyl sites for hydroxylation is 1. The lowest BCUT2D eigenvalue weighted by molar-refractivity contribution is 0.425. The third kappa shape index (κ3) is 1.82. The van der Waals surface area contributed by atoms with Crippen LogP contribution in [0.25, 0.3) is 0 Å². The Balaban J connectivity index is 3.43. The minimum Gasteiger partial charge on any atom is -0.507 e. The van der Waals surface area contributed by atoms with Crippen LogP contribution in [-0.2, 0) is 5.41 Å². The van der Waals surface area contributed by atoms with Gasteiger partial charge in [-0.25, -0.2) is 4.39 Å². The highest BCUT2D eigenvalue weighted by molar-refractivity contribution is 5.44. The molecular weight excluding hydrogens is 167 g/mol. The second-order valence-electron chi connectivity index (χ2n) is 4.34. The third-order valence-corrected chi connectivity index (χ3v) is 2.08. The zero-order chi connectivity index (χ0) is 10.2. The molecule has 2 heteroatoms. The van der Waals surface area contributed by atoms with E-state index in [4.69, 9.17) is 0 Å². The van der Waals surface area contributed by atoms with Crippen molar-refractivity contribution in [3.8, 4) is 5.75 Å². The molecule has 0 radical (unpaired) electrons. The van der Waals surface area contributed by atoms with Crippen LogP contribution in [0.4, 0.5) is 4.39 Å². The summed E-state index contributed by atoms with van der Waals surface area (Å²) in [6, 6.07) is 2.98. The van der Waals surface area contributed by atoms with Crippen LogP contribution in [-0.4, -0.2) is 5.11 Å². The normalized spacial score (nSPS) is 11.8. The van der Waals surface area contributed by atoms with Gasteiger partial charge >= 0.3 is 0 Å². The molecule has 0 saturated heterocycles. The molecule has 0 unspecified atom stereocenters. The smallest absolute Gasteiger partial charge is 0.130 e. The summed E-state index contributed by atoms with van der Waals surface area (Å²) in [6.07, 6.45) is 0. The second-order valence-corrected chi connectivity index (χ2v) is 4.34. The predicted octanol–water partition coefficient (Wildman–Crippen LogP) is 3.14. The molecule has 0 aliphatic carbocycles. The van der Waals surface area contributed by atoms with Gasteiger partial charge in [0.25, 0.3) is 0 Å². The Kier molecular flexibility index (Phi) is 2.33. The Morgan fingerprint density at radius 1 is 1.23 bits per heavy atom. The van der Waals surface area contributed by atoms with E-state index >= 15 is 0 Å². The van der Waals surface area contributed by atoms with Gasteiger partial charge in [0.1, 0.15) is 11.6 Å². The first-order valence-corrected chi connectivity index (χ1v) is 4.32. The lowest BCUT2D eigenvalue weighted by Gasteiger charge is -2.21. The number of halogens is 1. The largest absolute Gasteiger partial charge is 0.507 e. The summed E-state index contributed by atoms with van der Waals surface area (Å²) < 4.78 is 13.4. The maximum absolute atomic E-state index is 13.4. The van der Waals surface area contributed by atoms with Crippen LogP contribution in [0.3, 0.4) is 0 Å². The summed E-state index contributed by atoms with van der Waals surface area (Å²) in [5.41, 5.74) is 0.749. The third-order valence-electron chi connectivity index (χ3n) is 2.08. The Morgan fingerprint density at radius 3 is 2.15 bits per heavy atom. The van der Waals surface area contributed by atoms with E-state index in [-0.39, 0.29) is 17.0 Å². The van der Waals surface area contributed by atoms with E-state index in [0.29, 0.717) is 11.1 Å². The van der Waals surface area contributed by atoms with Gasteiger partial charge in [-0.1, -0.05) is 26.8 Å². The maximum Gasteiger partial charge on any atom is 0.130 e. The first-order chi connectivity index (χ1) is 5.84. The Morgan fingerprint density at radius 2 is 1.77 bits per heavy atom. The second kappa shape index (κ2) is 3.02. The average Bonchev–Trinajstić information content (AvgIpc) is 1.95. The van der Waals surface area contributed by atoms with Crippen molar-refractivity contribution in [3.05, 3.63) is 29.1 Å². The van der Waals surface area contributed by atoms with E-state index in [1.54, 1.807) is 13.0 Å². The summed E-state index contributed by atoms with van der Waals surface area (Å²) >= 11 is 0. The molecule has 1 nitrogen and oxygen atoms in total. The predicted molar refractivity (Wildman–Crippen MR) is 51.5 cm³/mol. The van der Waals surface area contributed by atoms with Crippen molar-refractivity contribution < 1.29 is 9.50 Å². The van der Waals surface area contributed by atoms with E-state index in [1.165, 1.54) is 6.07 Å². The van der Waals surface area contributed by atoms with Gasteiger partial charge in [0.2, 0.25) is 0 Å². The highest BCUT2D eigenvalue weighted by Crippen LogP contribution is 2.34. The highest BCUT2D eigenvalue weighted by Gasteiger charge is 2.23. The topological polar surface area (TPSA) is 20.2 Å². The number of hydrogen-bond acceptors (Lipinski definition) is 1. The molecule has 0 aliphatic heterocycles. The zero-order valence-electron chi connectivity index (χ0n) is 8.48. The molecule has 1 aromatic rings. The van der Waals surface area contributed by atoms with Gasteiger partial charge < -0.3 is 5.11 Å². The molecule has 0 fully saturated rings. The maximum atomic E-state index is 13.4. The molecule has 0 amide bonds. The molecule has 72 valence electrons. The molecule has 0 saturated carbocycles. The molecule has 1 aromatic carbocycles. The molecule has 13 heavy (non-hydrogen) atoms. The van der Waals surface area contributed by atoms with Crippen molar-refractivity contribution >= 4 is 0 Å². The molecular formula is C11H15FO. The Labute approximate surface area is 78.2 Å². The lowest BCUT2D eigenvalue weighted by Crippen LogP contribution is -2.14. The standard InChI is InChI=1S/C11H15FO/c1-7-5-6-8(12)9(10(7)13)11(2,3)4/h5-6,13H,1-4H3. The molecule has 0 bridgehead atoms. The molecule has 0 heterocycles. The van der Waals surface area contributed by atoms with Gasteiger partial charge in [0.05, 0.1) is 0 Å². The molecule has 0 aliphatic rings. The van der Waals surface area contributed by atoms with Gasteiger partial charge in [-0.15, -0.1) is 0 Å². The number of rotatable bonds is 0. The Bertz CT molecular complexity index is 324. The van der Waals surface area contributed by atoms with Crippen LogP contribution >= 0.6 is 0 Å². The Hall–Kier alpha value is -1.05. The number of phenolic OH excluding ortho intramolecular Hbond substituents is 1. The van der Waals surface area contributed by atoms with Gasteiger partial charge in [0, 0.05) is 5.56 Å². The van der Waals surface area contributed by atoms with Crippen molar-refractivity contribution in [2.24, 2.45) is 0 Å². The molecule has 0 spiro atoms. The summed E-state index contributed by atoms with van der Waals surface area (Å²) in [7, 11) is 0. The quantitative estimate of drug-likeness (QED) is 0.653. The number of phenols is 1. The minimum absolute atomic E-state index is 0.0764. The molecule has 0 aromatic heterocycles. The fourth-order valence-electron chi connectivity index (χ4n) is 1.38. The number of aromatic hydroxyl groups is 1. The number of benzene rings is 1. The first-order valence-electron chi connectivity index (χ1n) is 4.32. The van der Waals surface area contributed by atoms with Gasteiger partial charge in [-0.3, -0.25) is 0 Å². The van der Waals surface area contributed by atoms with E-state index in [1.807, 2.05) is 20.8 Å². The number of hydrogen-bond donors (Lipinski definition) is 1. The van der Waals surface area contributed by atoms with E-state index in [9.17, 15) is 9.50 Å². The van der Waals surface area contributed by atoms with Crippen molar-refractivity contribution in [3.63, 3.8) is 0 Å². The SMILES string of the molecule is Cc1ccc(F)c(C(C)(C)C)c1O. The molecule has 1 N–H and O–H groups in total.